The number of imide groups is 2. The van der Waals surface area contributed by atoms with Crippen molar-refractivity contribution in [3.8, 4) is 17.2 Å². The van der Waals surface area contributed by atoms with Crippen LogP contribution >= 0.6 is 0 Å². The smallest absolute Gasteiger partial charge is 0.336 e. The average molecular weight is 498 g/mol. The number of nitrogens with zero attached hydrogens (tertiary/aromatic N) is 1. The van der Waals surface area contributed by atoms with Gasteiger partial charge in [-0.15, -0.1) is 0 Å². The predicted molar refractivity (Wildman–Crippen MR) is 136 cm³/mol. The maximum atomic E-state index is 13.1. The Labute approximate surface area is 212 Å². The van der Waals surface area contributed by atoms with Crippen molar-refractivity contribution in [2.45, 2.75) is 0 Å². The number of methoxy groups -OCH3 is 2. The molecule has 0 aliphatic carbocycles. The molecule has 0 bridgehead atoms. The molecule has 0 atom stereocenters. The number of rotatable bonds is 7. The monoisotopic (exact) mass is 498 g/mol. The van der Waals surface area contributed by atoms with Gasteiger partial charge in [0, 0.05) is 12.1 Å². The first-order valence-corrected chi connectivity index (χ1v) is 11.1. The van der Waals surface area contributed by atoms with E-state index >= 15 is 0 Å². The number of hydrogen-bond donors (Lipinski definition) is 1. The van der Waals surface area contributed by atoms with Crippen molar-refractivity contribution in [1.82, 2.24) is 5.32 Å². The molecule has 9 heteroatoms. The molecule has 3 aromatic rings. The molecule has 3 aromatic carbocycles. The molecule has 0 unspecified atom stereocenters. The third kappa shape index (κ3) is 5.73. The molecule has 37 heavy (non-hydrogen) atoms. The Morgan fingerprint density at radius 1 is 0.838 bits per heavy atom. The van der Waals surface area contributed by atoms with E-state index in [0.717, 1.165) is 10.5 Å². The summed E-state index contributed by atoms with van der Waals surface area (Å²) in [6.07, 6.45) is 4.23. The summed E-state index contributed by atoms with van der Waals surface area (Å²) in [7, 11) is 2.85. The van der Waals surface area contributed by atoms with E-state index in [1.165, 1.54) is 44.6 Å². The first-order valence-electron chi connectivity index (χ1n) is 11.1. The number of amides is 4. The fraction of sp³-hybridized carbons (Fsp3) is 0.0714. The number of hydrogen-bond acceptors (Lipinski definition) is 7. The predicted octanol–water partition coefficient (Wildman–Crippen LogP) is 3.99. The summed E-state index contributed by atoms with van der Waals surface area (Å²) in [6.45, 7) is 0. The number of barbiturate groups is 1. The molecule has 186 valence electrons. The average Bonchev–Trinajstić information content (AvgIpc) is 2.91. The third-order valence-electron chi connectivity index (χ3n) is 5.33. The third-order valence-corrected chi connectivity index (χ3v) is 5.33. The van der Waals surface area contributed by atoms with Gasteiger partial charge in [0.15, 0.2) is 11.5 Å². The Kier molecular flexibility index (Phi) is 7.44. The van der Waals surface area contributed by atoms with E-state index in [1.54, 1.807) is 30.3 Å². The Morgan fingerprint density at radius 3 is 2.35 bits per heavy atom. The van der Waals surface area contributed by atoms with Crippen LogP contribution in [0.4, 0.5) is 10.5 Å². The first kappa shape index (κ1) is 24.9. The van der Waals surface area contributed by atoms with Crippen molar-refractivity contribution >= 4 is 41.7 Å². The summed E-state index contributed by atoms with van der Waals surface area (Å²) in [6, 6.07) is 19.3. The minimum atomic E-state index is -0.871. The summed E-state index contributed by atoms with van der Waals surface area (Å²) < 4.78 is 15.9. The Bertz CT molecular complexity index is 1430. The molecule has 1 aliphatic heterocycles. The lowest BCUT2D eigenvalue weighted by molar-refractivity contribution is -0.129. The molecule has 1 aliphatic rings. The number of esters is 1. The molecule has 0 spiro atoms. The zero-order valence-electron chi connectivity index (χ0n) is 20.0. The number of carbonyl (C=O) groups excluding carboxylic acids is 4. The van der Waals surface area contributed by atoms with Gasteiger partial charge in [0.1, 0.15) is 11.3 Å². The van der Waals surface area contributed by atoms with Crippen molar-refractivity contribution in [1.29, 1.82) is 0 Å². The number of benzene rings is 3. The van der Waals surface area contributed by atoms with Gasteiger partial charge < -0.3 is 14.2 Å². The van der Waals surface area contributed by atoms with Gasteiger partial charge >= 0.3 is 12.0 Å². The van der Waals surface area contributed by atoms with Crippen LogP contribution in [0.1, 0.15) is 11.1 Å². The zero-order chi connectivity index (χ0) is 26.4. The van der Waals surface area contributed by atoms with Gasteiger partial charge in [0.25, 0.3) is 11.8 Å². The largest absolute Gasteiger partial charge is 0.497 e. The molecule has 1 N–H and O–H groups in total. The Morgan fingerprint density at radius 2 is 1.62 bits per heavy atom. The second-order valence-electron chi connectivity index (χ2n) is 7.73. The molecule has 1 saturated heterocycles. The van der Waals surface area contributed by atoms with Gasteiger partial charge in [0.05, 0.1) is 19.9 Å². The van der Waals surface area contributed by atoms with Gasteiger partial charge in [-0.25, -0.2) is 14.5 Å². The van der Waals surface area contributed by atoms with Gasteiger partial charge in [-0.05, 0) is 47.5 Å². The summed E-state index contributed by atoms with van der Waals surface area (Å²) in [4.78, 5) is 51.2. The molecule has 9 nitrogen and oxygen atoms in total. The van der Waals surface area contributed by atoms with Gasteiger partial charge in [-0.3, -0.25) is 14.9 Å². The number of urea groups is 1. The van der Waals surface area contributed by atoms with E-state index < -0.39 is 23.8 Å². The van der Waals surface area contributed by atoms with Crippen molar-refractivity contribution in [3.63, 3.8) is 0 Å². The molecular formula is C28H22N2O7. The van der Waals surface area contributed by atoms with Gasteiger partial charge in [-0.1, -0.05) is 42.5 Å². The number of anilines is 1. The highest BCUT2D eigenvalue weighted by atomic mass is 16.6. The molecule has 1 fully saturated rings. The standard InChI is InChI=1S/C28H22N2O7/c1-35-21-10-6-9-20(17-21)30-27(33)22(26(32)29-28(30)34)15-19-11-13-23(24(16-19)36-2)37-25(31)14-12-18-7-4-3-5-8-18/h3-17H,1-2H3,(H,29,32,34)/b14-12+,22-15+. The van der Waals surface area contributed by atoms with Crippen LogP contribution in [0, 0.1) is 0 Å². The van der Waals surface area contributed by atoms with Crippen LogP contribution in [0.2, 0.25) is 0 Å². The summed E-state index contributed by atoms with van der Waals surface area (Å²) in [5.41, 5.74) is 1.23. The van der Waals surface area contributed by atoms with Crippen molar-refractivity contribution in [3.05, 3.63) is 95.6 Å². The molecular weight excluding hydrogens is 476 g/mol. The lowest BCUT2D eigenvalue weighted by Gasteiger charge is -2.26. The summed E-state index contributed by atoms with van der Waals surface area (Å²) in [5, 5.41) is 2.17. The SMILES string of the molecule is COc1cccc(N2C(=O)NC(=O)/C(=C\c3ccc(OC(=O)/C=C/c4ccccc4)c(OC)c3)C2=O)c1. The fourth-order valence-electron chi connectivity index (χ4n) is 3.54. The van der Waals surface area contributed by atoms with Crippen LogP contribution in [0.25, 0.3) is 12.2 Å². The molecule has 0 saturated carbocycles. The van der Waals surface area contributed by atoms with Crippen LogP contribution in [0.15, 0.2) is 84.4 Å². The second kappa shape index (κ2) is 11.0. The molecule has 4 amide bonds. The van der Waals surface area contributed by atoms with Crippen molar-refractivity contribution in [2.24, 2.45) is 0 Å². The minimum absolute atomic E-state index is 0.153. The second-order valence-corrected chi connectivity index (χ2v) is 7.73. The van der Waals surface area contributed by atoms with Crippen molar-refractivity contribution in [2.75, 3.05) is 19.1 Å². The van der Waals surface area contributed by atoms with Crippen LogP contribution in [0.5, 0.6) is 17.2 Å². The van der Waals surface area contributed by atoms with Gasteiger partial charge in [0.2, 0.25) is 0 Å². The lowest BCUT2D eigenvalue weighted by atomic mass is 10.1. The number of ether oxygens (including phenoxy) is 3. The van der Waals surface area contributed by atoms with E-state index in [-0.39, 0.29) is 22.8 Å². The first-order chi connectivity index (χ1) is 17.9. The van der Waals surface area contributed by atoms with Crippen molar-refractivity contribution < 1.29 is 33.4 Å². The van der Waals surface area contributed by atoms with E-state index in [4.69, 9.17) is 14.2 Å². The van der Waals surface area contributed by atoms with Crippen LogP contribution in [-0.4, -0.2) is 38.0 Å². The van der Waals surface area contributed by atoms with Crippen LogP contribution in [-0.2, 0) is 14.4 Å². The number of carbonyl (C=O) groups is 4. The zero-order valence-corrected chi connectivity index (χ0v) is 20.0. The molecule has 1 heterocycles. The molecule has 0 radical (unpaired) electrons. The topological polar surface area (TPSA) is 111 Å². The van der Waals surface area contributed by atoms with E-state index in [9.17, 15) is 19.2 Å². The normalized spacial score (nSPS) is 14.6. The quantitative estimate of drug-likeness (QED) is 0.227. The maximum absolute atomic E-state index is 13.1. The molecule has 4 rings (SSSR count). The van der Waals surface area contributed by atoms with E-state index in [0.29, 0.717) is 11.3 Å². The summed E-state index contributed by atoms with van der Waals surface area (Å²) in [5.74, 6) is -1.45. The summed E-state index contributed by atoms with van der Waals surface area (Å²) >= 11 is 0. The Hall–Kier alpha value is -5.18. The lowest BCUT2D eigenvalue weighted by Crippen LogP contribution is -2.54. The maximum Gasteiger partial charge on any atom is 0.336 e. The highest BCUT2D eigenvalue weighted by Crippen LogP contribution is 2.30. The Balaban J connectivity index is 1.57. The van der Waals surface area contributed by atoms with E-state index in [2.05, 4.69) is 5.32 Å². The molecule has 0 aromatic heterocycles. The van der Waals surface area contributed by atoms with Gasteiger partial charge in [-0.2, -0.15) is 0 Å². The highest BCUT2D eigenvalue weighted by molar-refractivity contribution is 6.39. The van der Waals surface area contributed by atoms with Crippen LogP contribution in [0.3, 0.4) is 0 Å². The van der Waals surface area contributed by atoms with E-state index in [1.807, 2.05) is 30.3 Å². The number of nitrogens with one attached hydrogen (secondary N) is 1. The fourth-order valence-corrected chi connectivity index (χ4v) is 3.54. The highest BCUT2D eigenvalue weighted by Gasteiger charge is 2.37. The van der Waals surface area contributed by atoms with Crippen LogP contribution < -0.4 is 24.4 Å². The minimum Gasteiger partial charge on any atom is -0.497 e.